The summed E-state index contributed by atoms with van der Waals surface area (Å²) in [5.41, 5.74) is -1.28. The van der Waals surface area contributed by atoms with Crippen molar-refractivity contribution in [3.05, 3.63) is 0 Å². The Labute approximate surface area is 144 Å². The molecule has 1 aliphatic carbocycles. The van der Waals surface area contributed by atoms with Crippen molar-refractivity contribution in [2.45, 2.75) is 82.3 Å². The van der Waals surface area contributed by atoms with Crippen molar-refractivity contribution in [1.82, 2.24) is 0 Å². The van der Waals surface area contributed by atoms with E-state index in [1.165, 1.54) is 7.11 Å². The number of carboxylic acids is 2. The first-order chi connectivity index (χ1) is 11.5. The van der Waals surface area contributed by atoms with Crippen LogP contribution < -0.4 is 0 Å². The van der Waals surface area contributed by atoms with Crippen molar-refractivity contribution in [2.24, 2.45) is 5.92 Å². The highest BCUT2D eigenvalue weighted by atomic mass is 16.6. The van der Waals surface area contributed by atoms with E-state index in [1.807, 2.05) is 0 Å². The Balaban J connectivity index is 2.64. The second-order valence-corrected chi connectivity index (χ2v) is 6.71. The van der Waals surface area contributed by atoms with Crippen LogP contribution in [0.3, 0.4) is 0 Å². The maximum absolute atomic E-state index is 12.1. The third-order valence-corrected chi connectivity index (χ3v) is 5.25. The molecule has 0 heterocycles. The van der Waals surface area contributed by atoms with Gasteiger partial charge in [0.05, 0.1) is 6.10 Å². The summed E-state index contributed by atoms with van der Waals surface area (Å²) in [6, 6.07) is 0. The number of carboxylic acid groups (broad SMARTS) is 2. The Hall–Kier alpha value is -1.14. The van der Waals surface area contributed by atoms with E-state index in [2.05, 4.69) is 0 Å². The first-order valence-electron chi connectivity index (χ1n) is 9.02. The van der Waals surface area contributed by atoms with E-state index in [1.54, 1.807) is 7.11 Å². The summed E-state index contributed by atoms with van der Waals surface area (Å²) < 4.78 is 11.2. The molecule has 1 saturated carbocycles. The van der Waals surface area contributed by atoms with Crippen molar-refractivity contribution in [3.8, 4) is 0 Å². The summed E-state index contributed by atoms with van der Waals surface area (Å²) in [6.45, 7) is 0. The topological polar surface area (TPSA) is 93.1 Å². The molecule has 2 unspecified atom stereocenters. The first-order valence-corrected chi connectivity index (χ1v) is 9.02. The van der Waals surface area contributed by atoms with Crippen LogP contribution in [0, 0.1) is 5.92 Å². The molecule has 0 radical (unpaired) electrons. The van der Waals surface area contributed by atoms with Gasteiger partial charge in [-0.1, -0.05) is 38.5 Å². The molecule has 0 spiro atoms. The van der Waals surface area contributed by atoms with E-state index < -0.39 is 23.6 Å². The minimum absolute atomic E-state index is 0.0225. The van der Waals surface area contributed by atoms with Gasteiger partial charge in [-0.3, -0.25) is 4.79 Å². The second kappa shape index (κ2) is 10.7. The fourth-order valence-electron chi connectivity index (χ4n) is 3.96. The van der Waals surface area contributed by atoms with Gasteiger partial charge >= 0.3 is 11.9 Å². The number of hydrogen-bond acceptors (Lipinski definition) is 4. The van der Waals surface area contributed by atoms with Crippen LogP contribution in [0.25, 0.3) is 0 Å². The molecular weight excluding hydrogens is 312 g/mol. The number of ether oxygens (including phenoxy) is 2. The zero-order chi connectivity index (χ0) is 18.0. The number of methoxy groups -OCH3 is 2. The monoisotopic (exact) mass is 344 g/mol. The highest BCUT2D eigenvalue weighted by Gasteiger charge is 2.52. The number of hydrogen-bond donors (Lipinski definition) is 2. The van der Waals surface area contributed by atoms with Crippen LogP contribution in [0.1, 0.15) is 70.6 Å². The zero-order valence-corrected chi connectivity index (χ0v) is 15.0. The average Bonchev–Trinajstić information content (AvgIpc) is 2.57. The highest BCUT2D eigenvalue weighted by molar-refractivity contribution is 5.79. The lowest BCUT2D eigenvalue weighted by Crippen LogP contribution is -2.57. The summed E-state index contributed by atoms with van der Waals surface area (Å²) in [7, 11) is 3.02. The summed E-state index contributed by atoms with van der Waals surface area (Å²) in [4.78, 5) is 22.6. The molecule has 24 heavy (non-hydrogen) atoms. The lowest BCUT2D eigenvalue weighted by Gasteiger charge is -2.42. The van der Waals surface area contributed by atoms with Crippen molar-refractivity contribution in [1.29, 1.82) is 0 Å². The molecule has 1 aliphatic rings. The van der Waals surface area contributed by atoms with Gasteiger partial charge in [0.15, 0.2) is 5.60 Å². The van der Waals surface area contributed by atoms with Crippen LogP contribution in [-0.2, 0) is 19.1 Å². The molecule has 0 aromatic heterocycles. The van der Waals surface area contributed by atoms with E-state index in [0.29, 0.717) is 12.8 Å². The molecule has 6 nitrogen and oxygen atoms in total. The lowest BCUT2D eigenvalue weighted by molar-refractivity contribution is -0.197. The van der Waals surface area contributed by atoms with E-state index in [4.69, 9.17) is 14.6 Å². The maximum atomic E-state index is 12.1. The number of aliphatic carboxylic acids is 2. The van der Waals surface area contributed by atoms with Gasteiger partial charge in [-0.25, -0.2) is 4.79 Å². The molecule has 0 aliphatic heterocycles. The molecule has 0 amide bonds. The normalized spacial score (nSPS) is 19.6. The van der Waals surface area contributed by atoms with Gasteiger partial charge in [-0.2, -0.15) is 0 Å². The van der Waals surface area contributed by atoms with Crippen LogP contribution in [-0.4, -0.2) is 48.1 Å². The predicted octanol–water partition coefficient (Wildman–Crippen LogP) is 3.48. The number of unbranched alkanes of at least 4 members (excludes halogenated alkanes) is 3. The minimum Gasteiger partial charge on any atom is -0.481 e. The predicted molar refractivity (Wildman–Crippen MR) is 90.1 cm³/mol. The van der Waals surface area contributed by atoms with Crippen LogP contribution in [0.5, 0.6) is 0 Å². The van der Waals surface area contributed by atoms with Crippen molar-refractivity contribution in [2.75, 3.05) is 14.2 Å². The third kappa shape index (κ3) is 5.45. The molecule has 2 N–H and O–H groups in total. The number of rotatable bonds is 12. The summed E-state index contributed by atoms with van der Waals surface area (Å²) in [5.74, 6) is -1.73. The first kappa shape index (κ1) is 20.9. The molecule has 2 atom stereocenters. The second-order valence-electron chi connectivity index (χ2n) is 6.71. The van der Waals surface area contributed by atoms with Crippen LogP contribution in [0.15, 0.2) is 0 Å². The van der Waals surface area contributed by atoms with Gasteiger partial charge in [0.2, 0.25) is 0 Å². The van der Waals surface area contributed by atoms with Gasteiger partial charge in [0.1, 0.15) is 0 Å². The van der Waals surface area contributed by atoms with Crippen molar-refractivity contribution < 1.29 is 29.3 Å². The Morgan fingerprint density at radius 2 is 1.67 bits per heavy atom. The molecular formula is C18H32O6. The fraction of sp³-hybridized carbons (Fsp3) is 0.889. The zero-order valence-electron chi connectivity index (χ0n) is 15.0. The molecule has 140 valence electrons. The average molecular weight is 344 g/mol. The van der Waals surface area contributed by atoms with Crippen LogP contribution >= 0.6 is 0 Å². The molecule has 0 aromatic rings. The quantitative estimate of drug-likeness (QED) is 0.527. The van der Waals surface area contributed by atoms with Gasteiger partial charge in [-0.15, -0.1) is 0 Å². The molecule has 0 bridgehead atoms. The molecule has 0 saturated heterocycles. The van der Waals surface area contributed by atoms with Gasteiger partial charge in [0.25, 0.3) is 0 Å². The molecule has 1 rings (SSSR count). The van der Waals surface area contributed by atoms with Crippen LogP contribution in [0.4, 0.5) is 0 Å². The lowest BCUT2D eigenvalue weighted by atomic mass is 9.72. The maximum Gasteiger partial charge on any atom is 0.339 e. The SMILES string of the molecule is COC(CCCCCCC(=O)O)C(OC)(C(=O)O)C1CCCCC1. The highest BCUT2D eigenvalue weighted by Crippen LogP contribution is 2.39. The smallest absolute Gasteiger partial charge is 0.339 e. The summed E-state index contributed by atoms with van der Waals surface area (Å²) >= 11 is 0. The van der Waals surface area contributed by atoms with E-state index in [9.17, 15) is 14.7 Å². The summed E-state index contributed by atoms with van der Waals surface area (Å²) in [5, 5.41) is 18.5. The summed E-state index contributed by atoms with van der Waals surface area (Å²) in [6.07, 6.45) is 8.43. The Bertz CT molecular complexity index is 391. The van der Waals surface area contributed by atoms with Gasteiger partial charge in [0, 0.05) is 26.6 Å². The minimum atomic E-state index is -1.28. The largest absolute Gasteiger partial charge is 0.481 e. The van der Waals surface area contributed by atoms with Gasteiger partial charge < -0.3 is 19.7 Å². The van der Waals surface area contributed by atoms with Gasteiger partial charge in [-0.05, 0) is 25.7 Å². The fourth-order valence-corrected chi connectivity index (χ4v) is 3.96. The van der Waals surface area contributed by atoms with E-state index in [0.717, 1.165) is 51.4 Å². The van der Waals surface area contributed by atoms with E-state index in [-0.39, 0.29) is 12.3 Å². The van der Waals surface area contributed by atoms with Crippen molar-refractivity contribution >= 4 is 11.9 Å². The van der Waals surface area contributed by atoms with E-state index >= 15 is 0 Å². The van der Waals surface area contributed by atoms with Crippen molar-refractivity contribution in [3.63, 3.8) is 0 Å². The molecule has 0 aromatic carbocycles. The Morgan fingerprint density at radius 3 is 2.17 bits per heavy atom. The third-order valence-electron chi connectivity index (χ3n) is 5.25. The Morgan fingerprint density at radius 1 is 1.04 bits per heavy atom. The number of carbonyl (C=O) groups is 2. The van der Waals surface area contributed by atoms with Crippen LogP contribution in [0.2, 0.25) is 0 Å². The molecule has 1 fully saturated rings. The Kier molecular flexibility index (Phi) is 9.29. The standard InChI is InChI=1S/C18H32O6/c1-23-15(12-8-3-4-9-13-16(19)20)18(24-2,17(21)22)14-10-6-5-7-11-14/h14-15H,3-13H2,1-2H3,(H,19,20)(H,21,22). The molecule has 6 heteroatoms.